The second-order valence-corrected chi connectivity index (χ2v) is 6.28. The van der Waals surface area contributed by atoms with Crippen molar-refractivity contribution in [1.29, 1.82) is 0 Å². The largest absolute Gasteiger partial charge is 0.548 e. The number of hydrogen-bond donors (Lipinski definition) is 1. The Labute approximate surface area is 151 Å². The predicted octanol–water partition coefficient (Wildman–Crippen LogP) is 0.933. The fourth-order valence-electron chi connectivity index (χ4n) is 2.76. The maximum atomic E-state index is 12.3. The van der Waals surface area contributed by atoms with Gasteiger partial charge in [0.1, 0.15) is 11.3 Å². The highest BCUT2D eigenvalue weighted by molar-refractivity contribution is 5.87. The minimum absolute atomic E-state index is 0.196. The number of benzene rings is 1. The molecule has 1 aromatic carbocycles. The molecule has 2 atom stereocenters. The molecule has 7 heteroatoms. The number of aliphatic carboxylic acids is 1. The molecule has 0 bridgehead atoms. The molecule has 1 N–H and O–H groups in total. The number of aryl methyl sites for hydroxylation is 1. The van der Waals surface area contributed by atoms with E-state index in [9.17, 15) is 19.5 Å². The molecule has 140 valence electrons. The summed E-state index contributed by atoms with van der Waals surface area (Å²) in [5, 5.41) is 14.4. The standard InChI is InChI=1S/C19H23NO6/c1-5-10(2)17(18(22)23)20-16(21)9-14-11(3)13-7-6-12(25-4)8-15(13)26-19(14)24/h6-8,10,17H,5,9H2,1-4H3,(H,20,21)(H,22,23)/p-1/t10-,17-/m1/s1. The van der Waals surface area contributed by atoms with Gasteiger partial charge in [-0.2, -0.15) is 0 Å². The number of carboxylic acid groups (broad SMARTS) is 1. The second kappa shape index (κ2) is 8.03. The monoisotopic (exact) mass is 360 g/mol. The van der Waals surface area contributed by atoms with Crippen molar-refractivity contribution in [2.45, 2.75) is 39.7 Å². The molecule has 0 aliphatic rings. The van der Waals surface area contributed by atoms with Gasteiger partial charge in [-0.1, -0.05) is 20.3 Å². The van der Waals surface area contributed by atoms with Crippen molar-refractivity contribution in [1.82, 2.24) is 5.32 Å². The lowest BCUT2D eigenvalue weighted by Crippen LogP contribution is -2.51. The zero-order chi connectivity index (χ0) is 19.4. The summed E-state index contributed by atoms with van der Waals surface area (Å²) in [5.41, 5.74) is 0.541. The molecular weight excluding hydrogens is 338 g/mol. The molecule has 0 fully saturated rings. The van der Waals surface area contributed by atoms with Crippen molar-refractivity contribution in [3.63, 3.8) is 0 Å². The van der Waals surface area contributed by atoms with Gasteiger partial charge >= 0.3 is 5.63 Å². The van der Waals surface area contributed by atoms with Crippen LogP contribution < -0.4 is 20.8 Å². The number of rotatable bonds is 7. The molecule has 0 aliphatic carbocycles. The zero-order valence-corrected chi connectivity index (χ0v) is 15.3. The van der Waals surface area contributed by atoms with Crippen molar-refractivity contribution in [2.24, 2.45) is 5.92 Å². The first-order valence-corrected chi connectivity index (χ1v) is 8.39. The summed E-state index contributed by atoms with van der Waals surface area (Å²) >= 11 is 0. The van der Waals surface area contributed by atoms with E-state index in [1.54, 1.807) is 32.0 Å². The van der Waals surface area contributed by atoms with E-state index in [0.29, 0.717) is 28.7 Å². The SMILES string of the molecule is CC[C@@H](C)[C@@H](NC(=O)Cc1c(C)c2ccc(OC)cc2oc1=O)C(=O)[O-]. The highest BCUT2D eigenvalue weighted by Gasteiger charge is 2.21. The van der Waals surface area contributed by atoms with Gasteiger partial charge in [0, 0.05) is 11.5 Å². The number of methoxy groups -OCH3 is 1. The molecule has 7 nitrogen and oxygen atoms in total. The van der Waals surface area contributed by atoms with Crippen LogP contribution in [0, 0.1) is 12.8 Å². The van der Waals surface area contributed by atoms with E-state index >= 15 is 0 Å². The minimum atomic E-state index is -1.35. The summed E-state index contributed by atoms with van der Waals surface area (Å²) < 4.78 is 10.4. The Bertz CT molecular complexity index is 885. The Morgan fingerprint density at radius 1 is 1.35 bits per heavy atom. The summed E-state index contributed by atoms with van der Waals surface area (Å²) in [4.78, 5) is 35.8. The number of carboxylic acids is 1. The van der Waals surface area contributed by atoms with Crippen LogP contribution in [0.4, 0.5) is 0 Å². The first-order valence-electron chi connectivity index (χ1n) is 8.39. The van der Waals surface area contributed by atoms with Gasteiger partial charge in [-0.3, -0.25) is 4.79 Å². The average molecular weight is 360 g/mol. The third-order valence-corrected chi connectivity index (χ3v) is 4.62. The molecular formula is C19H22NO6-. The first-order chi connectivity index (χ1) is 12.3. The van der Waals surface area contributed by atoms with E-state index < -0.39 is 23.5 Å². The molecule has 1 aromatic heterocycles. The van der Waals surface area contributed by atoms with Crippen molar-refractivity contribution in [2.75, 3.05) is 7.11 Å². The van der Waals surface area contributed by atoms with Crippen LogP contribution >= 0.6 is 0 Å². The maximum Gasteiger partial charge on any atom is 0.340 e. The van der Waals surface area contributed by atoms with Crippen LogP contribution in [0.5, 0.6) is 5.75 Å². The number of amides is 1. The summed E-state index contributed by atoms with van der Waals surface area (Å²) in [7, 11) is 1.51. The van der Waals surface area contributed by atoms with Crippen molar-refractivity contribution in [3.8, 4) is 5.75 Å². The lowest BCUT2D eigenvalue weighted by molar-refractivity contribution is -0.309. The first kappa shape index (κ1) is 19.5. The van der Waals surface area contributed by atoms with Gasteiger partial charge in [0.15, 0.2) is 0 Å². The number of nitrogens with one attached hydrogen (secondary N) is 1. The van der Waals surface area contributed by atoms with E-state index in [1.165, 1.54) is 7.11 Å². The van der Waals surface area contributed by atoms with Crippen LogP contribution in [0.15, 0.2) is 27.4 Å². The van der Waals surface area contributed by atoms with E-state index in [2.05, 4.69) is 5.32 Å². The second-order valence-electron chi connectivity index (χ2n) is 6.28. The van der Waals surface area contributed by atoms with Gasteiger partial charge < -0.3 is 24.4 Å². The molecule has 1 heterocycles. The number of carbonyl (C=O) groups excluding carboxylic acids is 2. The molecule has 0 saturated heterocycles. The topological polar surface area (TPSA) is 109 Å². The van der Waals surface area contributed by atoms with Gasteiger partial charge in [0.05, 0.1) is 31.1 Å². The van der Waals surface area contributed by atoms with Gasteiger partial charge in [-0.25, -0.2) is 4.79 Å². The third kappa shape index (κ3) is 4.04. The predicted molar refractivity (Wildman–Crippen MR) is 93.9 cm³/mol. The van der Waals surface area contributed by atoms with E-state index in [4.69, 9.17) is 9.15 Å². The summed E-state index contributed by atoms with van der Waals surface area (Å²) in [6.45, 7) is 5.26. The molecule has 2 rings (SSSR count). The third-order valence-electron chi connectivity index (χ3n) is 4.62. The quantitative estimate of drug-likeness (QED) is 0.736. The van der Waals surface area contributed by atoms with Gasteiger partial charge in [0.25, 0.3) is 0 Å². The smallest absolute Gasteiger partial charge is 0.340 e. The van der Waals surface area contributed by atoms with Gasteiger partial charge in [-0.05, 0) is 30.5 Å². The molecule has 1 amide bonds. The highest BCUT2D eigenvalue weighted by atomic mass is 16.5. The molecule has 0 radical (unpaired) electrons. The number of carbonyl (C=O) groups is 2. The summed E-state index contributed by atoms with van der Waals surface area (Å²) in [6, 6.07) is 3.97. The Balaban J connectivity index is 2.31. The van der Waals surface area contributed by atoms with Crippen LogP contribution in [0.3, 0.4) is 0 Å². The molecule has 2 aromatic rings. The van der Waals surface area contributed by atoms with Crippen LogP contribution in [0.2, 0.25) is 0 Å². The summed E-state index contributed by atoms with van der Waals surface area (Å²) in [6.07, 6.45) is 0.300. The Morgan fingerprint density at radius 2 is 2.04 bits per heavy atom. The summed E-state index contributed by atoms with van der Waals surface area (Å²) in [5.74, 6) is -1.65. The minimum Gasteiger partial charge on any atom is -0.548 e. The van der Waals surface area contributed by atoms with Crippen molar-refractivity contribution in [3.05, 3.63) is 39.7 Å². The molecule has 0 aliphatic heterocycles. The zero-order valence-electron chi connectivity index (χ0n) is 15.3. The number of fused-ring (bicyclic) bond motifs is 1. The van der Waals surface area contributed by atoms with Crippen LogP contribution in [-0.4, -0.2) is 25.0 Å². The Kier molecular flexibility index (Phi) is 6.02. The average Bonchev–Trinajstić information content (AvgIpc) is 2.61. The number of hydrogen-bond acceptors (Lipinski definition) is 6. The lowest BCUT2D eigenvalue weighted by Gasteiger charge is -2.25. The maximum absolute atomic E-state index is 12.3. The molecule has 0 saturated carbocycles. The Morgan fingerprint density at radius 3 is 2.62 bits per heavy atom. The van der Waals surface area contributed by atoms with Gasteiger partial charge in [0.2, 0.25) is 5.91 Å². The lowest BCUT2D eigenvalue weighted by atomic mass is 9.98. The molecule has 26 heavy (non-hydrogen) atoms. The highest BCUT2D eigenvalue weighted by Crippen LogP contribution is 2.24. The van der Waals surface area contributed by atoms with E-state index in [0.717, 1.165) is 0 Å². The normalized spacial score (nSPS) is 13.2. The van der Waals surface area contributed by atoms with Crippen LogP contribution in [0.25, 0.3) is 11.0 Å². The van der Waals surface area contributed by atoms with Gasteiger partial charge in [-0.15, -0.1) is 0 Å². The Hall–Kier alpha value is -2.83. The fourth-order valence-corrected chi connectivity index (χ4v) is 2.76. The molecule has 0 spiro atoms. The number of ether oxygens (including phenoxy) is 1. The van der Waals surface area contributed by atoms with E-state index in [1.807, 2.05) is 6.92 Å². The van der Waals surface area contributed by atoms with Crippen LogP contribution in [-0.2, 0) is 16.0 Å². The van der Waals surface area contributed by atoms with Crippen molar-refractivity contribution < 1.29 is 23.8 Å². The van der Waals surface area contributed by atoms with Crippen LogP contribution in [0.1, 0.15) is 31.4 Å². The van der Waals surface area contributed by atoms with Crippen molar-refractivity contribution >= 4 is 22.8 Å². The van der Waals surface area contributed by atoms with E-state index in [-0.39, 0.29) is 17.9 Å². The molecule has 0 unspecified atom stereocenters. The fraction of sp³-hybridized carbons (Fsp3) is 0.421.